The fourth-order valence-corrected chi connectivity index (χ4v) is 3.29. The summed E-state index contributed by atoms with van der Waals surface area (Å²) in [5.41, 5.74) is 1.77. The number of rotatable bonds is 5. The zero-order chi connectivity index (χ0) is 20.1. The zero-order valence-corrected chi connectivity index (χ0v) is 16.2. The van der Waals surface area contributed by atoms with Crippen LogP contribution in [0.25, 0.3) is 0 Å². The van der Waals surface area contributed by atoms with E-state index in [1.54, 1.807) is 19.1 Å². The maximum Gasteiger partial charge on any atom is 0.260 e. The molecule has 3 rings (SSSR count). The van der Waals surface area contributed by atoms with Crippen LogP contribution in [0.15, 0.2) is 48.5 Å². The van der Waals surface area contributed by atoms with Crippen LogP contribution in [0, 0.1) is 6.92 Å². The SMILES string of the molecule is Cc1cccc(C(=O)N2CCC(NC(=O)C(C)Oc3ccc(O)cc3)CC2)c1. The van der Waals surface area contributed by atoms with E-state index in [-0.39, 0.29) is 23.6 Å². The average molecular weight is 382 g/mol. The van der Waals surface area contributed by atoms with Gasteiger partial charge in [0.2, 0.25) is 0 Å². The first kappa shape index (κ1) is 19.7. The van der Waals surface area contributed by atoms with Gasteiger partial charge >= 0.3 is 0 Å². The lowest BCUT2D eigenvalue weighted by atomic mass is 10.0. The molecule has 0 saturated carbocycles. The number of aryl methyl sites for hydroxylation is 1. The summed E-state index contributed by atoms with van der Waals surface area (Å²) in [5.74, 6) is 0.532. The second-order valence-corrected chi connectivity index (χ2v) is 7.20. The first-order chi connectivity index (χ1) is 13.4. The van der Waals surface area contributed by atoms with Gasteiger partial charge in [0.1, 0.15) is 11.5 Å². The van der Waals surface area contributed by atoms with E-state index in [9.17, 15) is 14.7 Å². The van der Waals surface area contributed by atoms with Crippen LogP contribution in [0.4, 0.5) is 0 Å². The molecule has 1 saturated heterocycles. The van der Waals surface area contributed by atoms with E-state index in [1.165, 1.54) is 12.1 Å². The van der Waals surface area contributed by atoms with Crippen molar-refractivity contribution in [3.8, 4) is 11.5 Å². The second kappa shape index (κ2) is 8.78. The van der Waals surface area contributed by atoms with Gasteiger partial charge in [-0.3, -0.25) is 9.59 Å². The summed E-state index contributed by atoms with van der Waals surface area (Å²) in [6.45, 7) is 4.90. The summed E-state index contributed by atoms with van der Waals surface area (Å²) in [7, 11) is 0. The minimum absolute atomic E-state index is 0.0277. The molecular formula is C22H26N2O4. The fraction of sp³-hybridized carbons (Fsp3) is 0.364. The van der Waals surface area contributed by atoms with Crippen LogP contribution in [-0.2, 0) is 4.79 Å². The van der Waals surface area contributed by atoms with Crippen molar-refractivity contribution in [3.05, 3.63) is 59.7 Å². The second-order valence-electron chi connectivity index (χ2n) is 7.20. The number of aromatic hydroxyl groups is 1. The highest BCUT2D eigenvalue weighted by atomic mass is 16.5. The lowest BCUT2D eigenvalue weighted by Gasteiger charge is -2.33. The Kier molecular flexibility index (Phi) is 6.19. The molecule has 0 aromatic heterocycles. The number of benzene rings is 2. The number of hydrogen-bond donors (Lipinski definition) is 2. The van der Waals surface area contributed by atoms with E-state index in [0.717, 1.165) is 18.4 Å². The number of carbonyl (C=O) groups is 2. The van der Waals surface area contributed by atoms with Gasteiger partial charge in [0.15, 0.2) is 6.10 Å². The number of carbonyl (C=O) groups excluding carboxylic acids is 2. The topological polar surface area (TPSA) is 78.9 Å². The fourth-order valence-electron chi connectivity index (χ4n) is 3.29. The first-order valence-electron chi connectivity index (χ1n) is 9.54. The minimum Gasteiger partial charge on any atom is -0.508 e. The number of nitrogens with one attached hydrogen (secondary N) is 1. The molecule has 6 nitrogen and oxygen atoms in total. The normalized spacial score (nSPS) is 15.7. The highest BCUT2D eigenvalue weighted by molar-refractivity contribution is 5.94. The molecule has 0 spiro atoms. The molecule has 1 atom stereocenters. The van der Waals surface area contributed by atoms with Crippen molar-refractivity contribution in [2.24, 2.45) is 0 Å². The molecule has 0 bridgehead atoms. The van der Waals surface area contributed by atoms with Crippen molar-refractivity contribution in [2.45, 2.75) is 38.8 Å². The van der Waals surface area contributed by atoms with Crippen LogP contribution < -0.4 is 10.1 Å². The monoisotopic (exact) mass is 382 g/mol. The van der Waals surface area contributed by atoms with Crippen molar-refractivity contribution < 1.29 is 19.4 Å². The predicted molar refractivity (Wildman–Crippen MR) is 106 cm³/mol. The standard InChI is InChI=1S/C22H26N2O4/c1-15-4-3-5-17(14-15)22(27)24-12-10-18(11-13-24)23-21(26)16(2)28-20-8-6-19(25)7-9-20/h3-9,14,16,18,25H,10-13H2,1-2H3,(H,23,26). The molecule has 1 aliphatic heterocycles. The Morgan fingerprint density at radius 1 is 1.14 bits per heavy atom. The Labute approximate surface area is 165 Å². The van der Waals surface area contributed by atoms with Gasteiger partial charge in [-0.15, -0.1) is 0 Å². The van der Waals surface area contributed by atoms with Crippen LogP contribution in [0.2, 0.25) is 0 Å². The molecule has 2 amide bonds. The van der Waals surface area contributed by atoms with E-state index in [2.05, 4.69) is 5.32 Å². The molecule has 1 heterocycles. The molecule has 2 N–H and O–H groups in total. The highest BCUT2D eigenvalue weighted by Crippen LogP contribution is 2.18. The minimum atomic E-state index is -0.642. The number of piperidine rings is 1. The lowest BCUT2D eigenvalue weighted by molar-refractivity contribution is -0.128. The number of likely N-dealkylation sites (tertiary alicyclic amines) is 1. The molecule has 28 heavy (non-hydrogen) atoms. The summed E-state index contributed by atoms with van der Waals surface area (Å²) in [4.78, 5) is 26.8. The smallest absolute Gasteiger partial charge is 0.260 e. The maximum absolute atomic E-state index is 12.6. The van der Waals surface area contributed by atoms with Gasteiger partial charge in [-0.25, -0.2) is 0 Å². The van der Waals surface area contributed by atoms with E-state index >= 15 is 0 Å². The Hall–Kier alpha value is -3.02. The van der Waals surface area contributed by atoms with Crippen molar-refractivity contribution in [3.63, 3.8) is 0 Å². The Balaban J connectivity index is 1.47. The van der Waals surface area contributed by atoms with Gasteiger partial charge in [-0.1, -0.05) is 17.7 Å². The van der Waals surface area contributed by atoms with Crippen LogP contribution >= 0.6 is 0 Å². The molecule has 2 aromatic rings. The maximum atomic E-state index is 12.6. The molecular weight excluding hydrogens is 356 g/mol. The number of hydrogen-bond acceptors (Lipinski definition) is 4. The highest BCUT2D eigenvalue weighted by Gasteiger charge is 2.26. The number of phenolic OH excluding ortho intramolecular Hbond substituents is 1. The van der Waals surface area contributed by atoms with Crippen molar-refractivity contribution in [1.82, 2.24) is 10.2 Å². The molecule has 1 fully saturated rings. The molecule has 1 aliphatic rings. The summed E-state index contributed by atoms with van der Waals surface area (Å²) in [6.07, 6.45) is 0.793. The summed E-state index contributed by atoms with van der Waals surface area (Å²) in [5, 5.41) is 12.3. The average Bonchev–Trinajstić information content (AvgIpc) is 2.69. The summed E-state index contributed by atoms with van der Waals surface area (Å²) < 4.78 is 5.61. The van der Waals surface area contributed by atoms with Crippen molar-refractivity contribution in [1.29, 1.82) is 0 Å². The van der Waals surface area contributed by atoms with E-state index < -0.39 is 6.10 Å². The molecule has 0 radical (unpaired) electrons. The van der Waals surface area contributed by atoms with Crippen LogP contribution in [0.3, 0.4) is 0 Å². The number of phenols is 1. The van der Waals surface area contributed by atoms with Crippen LogP contribution in [0.5, 0.6) is 11.5 Å². The van der Waals surface area contributed by atoms with Crippen molar-refractivity contribution in [2.75, 3.05) is 13.1 Å². The van der Waals surface area contributed by atoms with E-state index in [1.807, 2.05) is 36.1 Å². The number of amides is 2. The third kappa shape index (κ3) is 5.03. The third-order valence-electron chi connectivity index (χ3n) is 4.91. The van der Waals surface area contributed by atoms with Gasteiger partial charge in [0.05, 0.1) is 0 Å². The largest absolute Gasteiger partial charge is 0.508 e. The molecule has 6 heteroatoms. The van der Waals surface area contributed by atoms with Crippen molar-refractivity contribution >= 4 is 11.8 Å². The van der Waals surface area contributed by atoms with Gasteiger partial charge < -0.3 is 20.1 Å². The summed E-state index contributed by atoms with van der Waals surface area (Å²) in [6, 6.07) is 13.9. The number of ether oxygens (including phenoxy) is 1. The number of nitrogens with zero attached hydrogens (tertiary/aromatic N) is 1. The molecule has 2 aromatic carbocycles. The van der Waals surface area contributed by atoms with Gasteiger partial charge in [-0.05, 0) is 63.1 Å². The van der Waals surface area contributed by atoms with Gasteiger partial charge in [0.25, 0.3) is 11.8 Å². The molecule has 148 valence electrons. The third-order valence-corrected chi connectivity index (χ3v) is 4.91. The first-order valence-corrected chi connectivity index (χ1v) is 9.54. The zero-order valence-electron chi connectivity index (χ0n) is 16.2. The van der Waals surface area contributed by atoms with Crippen LogP contribution in [-0.4, -0.2) is 47.1 Å². The Morgan fingerprint density at radius 3 is 2.46 bits per heavy atom. The van der Waals surface area contributed by atoms with Gasteiger partial charge in [0, 0.05) is 24.7 Å². The quantitative estimate of drug-likeness (QED) is 0.833. The molecule has 0 aliphatic carbocycles. The van der Waals surface area contributed by atoms with E-state index in [4.69, 9.17) is 4.74 Å². The van der Waals surface area contributed by atoms with Crippen LogP contribution in [0.1, 0.15) is 35.7 Å². The Bertz CT molecular complexity index is 827. The Morgan fingerprint density at radius 2 is 1.82 bits per heavy atom. The predicted octanol–water partition coefficient (Wildman–Crippen LogP) is 2.89. The molecule has 1 unspecified atom stereocenters. The van der Waals surface area contributed by atoms with Gasteiger partial charge in [-0.2, -0.15) is 0 Å². The lowest BCUT2D eigenvalue weighted by Crippen LogP contribution is -2.49. The van der Waals surface area contributed by atoms with E-state index in [0.29, 0.717) is 24.4 Å². The summed E-state index contributed by atoms with van der Waals surface area (Å²) >= 11 is 0.